The normalized spacial score (nSPS) is 11.8. The van der Waals surface area contributed by atoms with Crippen LogP contribution in [0.1, 0.15) is 59.3 Å². The fraction of sp³-hybridized carbons (Fsp3) is 0.846. The molecular weight excluding hydrogens is 220 g/mol. The van der Waals surface area contributed by atoms with Crippen molar-refractivity contribution in [3.05, 3.63) is 0 Å². The molecule has 0 aliphatic rings. The number of carboxylic acids is 2. The Morgan fingerprint density at radius 2 is 1.47 bits per heavy atom. The maximum Gasteiger partial charge on any atom is 0.318 e. The van der Waals surface area contributed by atoms with Gasteiger partial charge in [-0.15, -0.1) is 0 Å². The summed E-state index contributed by atoms with van der Waals surface area (Å²) < 4.78 is 0. The molecule has 4 nitrogen and oxygen atoms in total. The molecular formula is C13H24O4. The Balaban J connectivity index is 4.24. The first-order chi connectivity index (χ1) is 7.83. The van der Waals surface area contributed by atoms with Gasteiger partial charge in [-0.25, -0.2) is 0 Å². The van der Waals surface area contributed by atoms with E-state index in [0.29, 0.717) is 6.42 Å². The maximum absolute atomic E-state index is 10.9. The molecule has 0 aliphatic heterocycles. The highest BCUT2D eigenvalue weighted by Crippen LogP contribution is 2.33. The zero-order valence-corrected chi connectivity index (χ0v) is 11.0. The summed E-state index contributed by atoms with van der Waals surface area (Å²) in [4.78, 5) is 21.9. The molecule has 4 heteroatoms. The molecule has 2 N–H and O–H groups in total. The van der Waals surface area contributed by atoms with Gasteiger partial charge < -0.3 is 10.2 Å². The molecule has 0 fully saturated rings. The number of hydrogen-bond acceptors (Lipinski definition) is 2. The molecule has 0 heterocycles. The van der Waals surface area contributed by atoms with Gasteiger partial charge in [-0.2, -0.15) is 0 Å². The van der Waals surface area contributed by atoms with Crippen molar-refractivity contribution in [2.24, 2.45) is 11.3 Å². The maximum atomic E-state index is 10.9. The largest absolute Gasteiger partial charge is 0.481 e. The highest BCUT2D eigenvalue weighted by atomic mass is 16.4. The van der Waals surface area contributed by atoms with E-state index in [1.165, 1.54) is 6.42 Å². The van der Waals surface area contributed by atoms with Crippen LogP contribution in [0.5, 0.6) is 0 Å². The molecule has 0 aromatic rings. The summed E-state index contributed by atoms with van der Waals surface area (Å²) >= 11 is 0. The average Bonchev–Trinajstić information content (AvgIpc) is 2.15. The zero-order valence-electron chi connectivity index (χ0n) is 11.0. The lowest BCUT2D eigenvalue weighted by Gasteiger charge is -2.28. The molecule has 0 saturated carbocycles. The quantitative estimate of drug-likeness (QED) is 0.482. The molecule has 0 rings (SSSR count). The standard InChI is InChI=1S/C13H24O4/c1-4-5-6-7-8-9-13(2,3)10(11(14)15)12(16)17/h10H,4-9H2,1-3H3,(H,14,15)(H,16,17). The Bertz CT molecular complexity index is 244. The van der Waals surface area contributed by atoms with Crippen molar-refractivity contribution < 1.29 is 19.8 Å². The van der Waals surface area contributed by atoms with Crippen LogP contribution < -0.4 is 0 Å². The van der Waals surface area contributed by atoms with E-state index >= 15 is 0 Å². The zero-order chi connectivity index (χ0) is 13.5. The van der Waals surface area contributed by atoms with Crippen molar-refractivity contribution in [2.45, 2.75) is 59.3 Å². The van der Waals surface area contributed by atoms with Crippen molar-refractivity contribution in [2.75, 3.05) is 0 Å². The molecule has 17 heavy (non-hydrogen) atoms. The third-order valence-electron chi connectivity index (χ3n) is 3.20. The molecule has 0 aromatic carbocycles. The van der Waals surface area contributed by atoms with Gasteiger partial charge in [0.25, 0.3) is 0 Å². The first-order valence-corrected chi connectivity index (χ1v) is 6.28. The molecule has 0 aromatic heterocycles. The second kappa shape index (κ2) is 7.30. The minimum Gasteiger partial charge on any atom is -0.481 e. The van der Waals surface area contributed by atoms with E-state index in [0.717, 1.165) is 25.7 Å². The van der Waals surface area contributed by atoms with E-state index in [1.54, 1.807) is 13.8 Å². The lowest BCUT2D eigenvalue weighted by Crippen LogP contribution is -2.37. The van der Waals surface area contributed by atoms with Crippen LogP contribution in [0.15, 0.2) is 0 Å². The number of rotatable bonds is 9. The average molecular weight is 244 g/mol. The number of hydrogen-bond donors (Lipinski definition) is 2. The molecule has 0 amide bonds. The number of aliphatic carboxylic acids is 2. The number of carbonyl (C=O) groups is 2. The van der Waals surface area contributed by atoms with Crippen LogP contribution in [-0.4, -0.2) is 22.2 Å². The highest BCUT2D eigenvalue weighted by Gasteiger charge is 2.40. The van der Waals surface area contributed by atoms with Crippen molar-refractivity contribution in [1.82, 2.24) is 0 Å². The second-order valence-electron chi connectivity index (χ2n) is 5.26. The third-order valence-corrected chi connectivity index (χ3v) is 3.20. The molecule has 0 spiro atoms. The van der Waals surface area contributed by atoms with Crippen LogP contribution in [0.3, 0.4) is 0 Å². The Labute approximate surface area is 103 Å². The van der Waals surface area contributed by atoms with Gasteiger partial charge in [0.1, 0.15) is 0 Å². The van der Waals surface area contributed by atoms with Crippen molar-refractivity contribution in [3.8, 4) is 0 Å². The molecule has 0 saturated heterocycles. The SMILES string of the molecule is CCCCCCCC(C)(C)C(C(=O)O)C(=O)O. The number of unbranched alkanes of at least 4 members (excludes halogenated alkanes) is 4. The Morgan fingerprint density at radius 1 is 1.00 bits per heavy atom. The Kier molecular flexibility index (Phi) is 6.85. The predicted octanol–water partition coefficient (Wildman–Crippen LogP) is 3.16. The monoisotopic (exact) mass is 244 g/mol. The predicted molar refractivity (Wildman–Crippen MR) is 65.9 cm³/mol. The Morgan fingerprint density at radius 3 is 1.88 bits per heavy atom. The van der Waals surface area contributed by atoms with E-state index in [-0.39, 0.29) is 0 Å². The molecule has 100 valence electrons. The van der Waals surface area contributed by atoms with E-state index < -0.39 is 23.3 Å². The van der Waals surface area contributed by atoms with Crippen molar-refractivity contribution >= 4 is 11.9 Å². The van der Waals surface area contributed by atoms with Gasteiger partial charge in [0, 0.05) is 0 Å². The van der Waals surface area contributed by atoms with Crippen molar-refractivity contribution in [1.29, 1.82) is 0 Å². The number of carboxylic acid groups (broad SMARTS) is 2. The van der Waals surface area contributed by atoms with E-state index in [4.69, 9.17) is 10.2 Å². The van der Waals surface area contributed by atoms with Gasteiger partial charge >= 0.3 is 11.9 Å². The minimum absolute atomic E-state index is 0.639. The van der Waals surface area contributed by atoms with Crippen LogP contribution in [0.25, 0.3) is 0 Å². The highest BCUT2D eigenvalue weighted by molar-refractivity contribution is 5.93. The fourth-order valence-corrected chi connectivity index (χ4v) is 2.10. The Hall–Kier alpha value is -1.06. The van der Waals surface area contributed by atoms with Gasteiger partial charge in [-0.3, -0.25) is 9.59 Å². The minimum atomic E-state index is -1.31. The lowest BCUT2D eigenvalue weighted by molar-refractivity contribution is -0.160. The van der Waals surface area contributed by atoms with E-state index in [1.807, 2.05) is 0 Å². The second-order valence-corrected chi connectivity index (χ2v) is 5.26. The van der Waals surface area contributed by atoms with Gasteiger partial charge in [0.05, 0.1) is 0 Å². The van der Waals surface area contributed by atoms with Crippen LogP contribution in [0.4, 0.5) is 0 Å². The third kappa shape index (κ3) is 5.71. The smallest absolute Gasteiger partial charge is 0.318 e. The molecule has 0 radical (unpaired) electrons. The van der Waals surface area contributed by atoms with Crippen LogP contribution >= 0.6 is 0 Å². The summed E-state index contributed by atoms with van der Waals surface area (Å²) in [5.74, 6) is -3.79. The van der Waals surface area contributed by atoms with Crippen LogP contribution in [0.2, 0.25) is 0 Å². The summed E-state index contributed by atoms with van der Waals surface area (Å²) in [7, 11) is 0. The van der Waals surface area contributed by atoms with Crippen LogP contribution in [-0.2, 0) is 9.59 Å². The molecule has 0 unspecified atom stereocenters. The van der Waals surface area contributed by atoms with Crippen molar-refractivity contribution in [3.63, 3.8) is 0 Å². The first-order valence-electron chi connectivity index (χ1n) is 6.28. The first kappa shape index (κ1) is 15.9. The van der Waals surface area contributed by atoms with Crippen LogP contribution in [0, 0.1) is 11.3 Å². The van der Waals surface area contributed by atoms with Gasteiger partial charge in [-0.05, 0) is 11.8 Å². The summed E-state index contributed by atoms with van der Waals surface area (Å²) in [6.07, 6.45) is 6.06. The molecule has 0 aliphatic carbocycles. The lowest BCUT2D eigenvalue weighted by atomic mass is 9.75. The van der Waals surface area contributed by atoms with Gasteiger partial charge in [-0.1, -0.05) is 52.9 Å². The van der Waals surface area contributed by atoms with E-state index in [9.17, 15) is 9.59 Å². The molecule has 0 bridgehead atoms. The summed E-state index contributed by atoms with van der Waals surface area (Å²) in [5, 5.41) is 17.9. The van der Waals surface area contributed by atoms with Gasteiger partial charge in [0.15, 0.2) is 5.92 Å². The molecule has 0 atom stereocenters. The topological polar surface area (TPSA) is 74.6 Å². The summed E-state index contributed by atoms with van der Waals surface area (Å²) in [6, 6.07) is 0. The van der Waals surface area contributed by atoms with E-state index in [2.05, 4.69) is 6.92 Å². The fourth-order valence-electron chi connectivity index (χ4n) is 2.10. The van der Waals surface area contributed by atoms with Gasteiger partial charge in [0.2, 0.25) is 0 Å². The summed E-state index contributed by atoms with van der Waals surface area (Å²) in [5.41, 5.74) is -0.691. The summed E-state index contributed by atoms with van der Waals surface area (Å²) in [6.45, 7) is 5.58.